The van der Waals surface area contributed by atoms with Gasteiger partial charge in [0.1, 0.15) is 21.0 Å². The lowest BCUT2D eigenvalue weighted by atomic mass is 9.91. The highest BCUT2D eigenvalue weighted by Crippen LogP contribution is 2.32. The van der Waals surface area contributed by atoms with Crippen LogP contribution in [0.1, 0.15) is 40.0 Å². The third-order valence-electron chi connectivity index (χ3n) is 6.83. The van der Waals surface area contributed by atoms with Gasteiger partial charge in [-0.3, -0.25) is 4.79 Å². The van der Waals surface area contributed by atoms with Crippen molar-refractivity contribution in [3.05, 3.63) is 40.2 Å². The largest absolute Gasteiger partial charge is 0.396 e. The number of nitrogens with one attached hydrogen (secondary N) is 2. The van der Waals surface area contributed by atoms with Crippen molar-refractivity contribution in [3.8, 4) is 0 Å². The summed E-state index contributed by atoms with van der Waals surface area (Å²) in [6.45, 7) is 5.25. The molecule has 8 nitrogen and oxygen atoms in total. The number of nitrogen functional groups attached to an aromatic ring is 1. The maximum absolute atomic E-state index is 13.5. The summed E-state index contributed by atoms with van der Waals surface area (Å²) in [5.74, 6) is -0.179. The minimum atomic E-state index is -2.36. The van der Waals surface area contributed by atoms with Crippen LogP contribution < -0.4 is 21.3 Å². The van der Waals surface area contributed by atoms with Crippen LogP contribution >= 0.6 is 11.3 Å². The first-order valence-electron chi connectivity index (χ1n) is 11.9. The number of likely N-dealkylation sites (N-methyl/N-ethyl adjacent to an activating group) is 1. The number of alkyl halides is 2. The molecule has 3 atom stereocenters. The zero-order valence-electron chi connectivity index (χ0n) is 19.7. The van der Waals surface area contributed by atoms with Crippen molar-refractivity contribution in [1.29, 1.82) is 0 Å². The minimum Gasteiger partial charge on any atom is -0.396 e. The maximum atomic E-state index is 13.5. The zero-order valence-corrected chi connectivity index (χ0v) is 20.5. The molecule has 3 aromatic heterocycles. The minimum absolute atomic E-state index is 0.0388. The highest BCUT2D eigenvalue weighted by atomic mass is 32.1. The van der Waals surface area contributed by atoms with E-state index < -0.39 is 12.3 Å². The number of hydrogen-bond acceptors (Lipinski definition) is 8. The molecule has 5 rings (SSSR count). The molecular weight excluding hydrogens is 472 g/mol. The van der Waals surface area contributed by atoms with Crippen LogP contribution in [0.5, 0.6) is 0 Å². The lowest BCUT2D eigenvalue weighted by molar-refractivity contribution is 0.0743. The molecule has 4 N–H and O–H groups in total. The summed E-state index contributed by atoms with van der Waals surface area (Å²) in [6.07, 6.45) is 1.39. The standard InChI is InChI=1S/C24H29F2N7OS/c1-3-28-17-11-33(10-15(17)22(25)26)18-7-4-13-8-14(5-6-16(13)32-18)31-23(34)21-19(27)20-24(35-21)30-12(2)9-29-20/h4,7,9,14-15,17,22,28H,3,5-6,8,10-11,27H2,1-2H3,(H,31,34). The topological polar surface area (TPSA) is 109 Å². The van der Waals surface area contributed by atoms with Gasteiger partial charge in [0.15, 0.2) is 0 Å². The predicted molar refractivity (Wildman–Crippen MR) is 133 cm³/mol. The molecule has 1 aliphatic heterocycles. The van der Waals surface area contributed by atoms with Crippen LogP contribution in [0.3, 0.4) is 0 Å². The first-order chi connectivity index (χ1) is 16.8. The molecule has 35 heavy (non-hydrogen) atoms. The molecule has 1 aliphatic carbocycles. The SMILES string of the molecule is CCNC1CN(c2ccc3c(n2)CCC(NC(=O)c2sc4nc(C)cnc4c2N)C3)CC1C(F)F. The number of rotatable bonds is 6. The van der Waals surface area contributed by atoms with Crippen molar-refractivity contribution in [2.24, 2.45) is 5.92 Å². The summed E-state index contributed by atoms with van der Waals surface area (Å²) in [7, 11) is 0. The highest BCUT2D eigenvalue weighted by Gasteiger charge is 2.39. The molecule has 0 radical (unpaired) electrons. The lowest BCUT2D eigenvalue weighted by Gasteiger charge is -2.26. The molecule has 4 heterocycles. The molecule has 2 aliphatic rings. The van der Waals surface area contributed by atoms with Crippen molar-refractivity contribution in [2.75, 3.05) is 30.3 Å². The summed E-state index contributed by atoms with van der Waals surface area (Å²) in [4.78, 5) is 29.6. The fraction of sp³-hybridized carbons (Fsp3) is 0.500. The van der Waals surface area contributed by atoms with E-state index in [1.54, 1.807) is 6.20 Å². The van der Waals surface area contributed by atoms with Gasteiger partial charge in [-0.1, -0.05) is 13.0 Å². The number of pyridine rings is 1. The Labute approximate surface area is 206 Å². The van der Waals surface area contributed by atoms with E-state index in [4.69, 9.17) is 10.7 Å². The van der Waals surface area contributed by atoms with Gasteiger partial charge in [0, 0.05) is 37.1 Å². The molecule has 1 amide bonds. The Morgan fingerprint density at radius 1 is 1.31 bits per heavy atom. The maximum Gasteiger partial charge on any atom is 0.263 e. The summed E-state index contributed by atoms with van der Waals surface area (Å²) >= 11 is 1.26. The number of anilines is 2. The van der Waals surface area contributed by atoms with E-state index in [-0.39, 0.29) is 18.0 Å². The average molecular weight is 502 g/mol. The molecule has 1 fully saturated rings. The molecular formula is C24H29F2N7OS. The van der Waals surface area contributed by atoms with Crippen LogP contribution in [0.15, 0.2) is 18.3 Å². The number of fused-ring (bicyclic) bond motifs is 2. The molecule has 0 saturated carbocycles. The quantitative estimate of drug-likeness (QED) is 0.477. The molecule has 3 aromatic rings. The van der Waals surface area contributed by atoms with E-state index in [0.717, 1.165) is 29.2 Å². The first-order valence-corrected chi connectivity index (χ1v) is 12.7. The Bertz CT molecular complexity index is 1250. The number of aromatic nitrogens is 3. The number of nitrogens with two attached hydrogens (primary N) is 1. The van der Waals surface area contributed by atoms with Gasteiger partial charge in [0.25, 0.3) is 5.91 Å². The Morgan fingerprint density at radius 2 is 2.14 bits per heavy atom. The Balaban J connectivity index is 1.26. The number of nitrogens with zero attached hydrogens (tertiary/aromatic N) is 4. The van der Waals surface area contributed by atoms with Gasteiger partial charge in [-0.25, -0.2) is 23.7 Å². The molecule has 0 aromatic carbocycles. The lowest BCUT2D eigenvalue weighted by Crippen LogP contribution is -2.39. The number of amides is 1. The van der Waals surface area contributed by atoms with Crippen molar-refractivity contribution in [3.63, 3.8) is 0 Å². The Hall–Kier alpha value is -2.92. The average Bonchev–Trinajstić information content (AvgIpc) is 3.40. The van der Waals surface area contributed by atoms with Crippen LogP contribution in [0.4, 0.5) is 20.3 Å². The van der Waals surface area contributed by atoms with Gasteiger partial charge in [-0.2, -0.15) is 0 Å². The van der Waals surface area contributed by atoms with Crippen molar-refractivity contribution < 1.29 is 13.6 Å². The van der Waals surface area contributed by atoms with Crippen LogP contribution in [-0.2, 0) is 12.8 Å². The number of carbonyl (C=O) groups excluding carboxylic acids is 1. The normalized spacial score (nSPS) is 22.1. The summed E-state index contributed by atoms with van der Waals surface area (Å²) in [5, 5.41) is 6.29. The van der Waals surface area contributed by atoms with Crippen molar-refractivity contribution in [1.82, 2.24) is 25.6 Å². The number of aryl methyl sites for hydroxylation is 2. The fourth-order valence-electron chi connectivity index (χ4n) is 5.04. The number of halogens is 2. The van der Waals surface area contributed by atoms with E-state index in [9.17, 15) is 13.6 Å². The van der Waals surface area contributed by atoms with Crippen molar-refractivity contribution >= 4 is 39.1 Å². The molecule has 186 valence electrons. The zero-order chi connectivity index (χ0) is 24.7. The van der Waals surface area contributed by atoms with E-state index >= 15 is 0 Å². The molecule has 0 bridgehead atoms. The third kappa shape index (κ3) is 4.66. The molecule has 0 spiro atoms. The van der Waals surface area contributed by atoms with Gasteiger partial charge in [0.2, 0.25) is 6.43 Å². The van der Waals surface area contributed by atoms with Crippen LogP contribution in [0, 0.1) is 12.8 Å². The van der Waals surface area contributed by atoms with Crippen molar-refractivity contribution in [2.45, 2.75) is 51.6 Å². The van der Waals surface area contributed by atoms with E-state index in [1.807, 2.05) is 30.9 Å². The number of thiophene rings is 1. The summed E-state index contributed by atoms with van der Waals surface area (Å²) in [5.41, 5.74) is 9.92. The van der Waals surface area contributed by atoms with Crippen LogP contribution in [0.2, 0.25) is 0 Å². The number of hydrogen-bond donors (Lipinski definition) is 3. The smallest absolute Gasteiger partial charge is 0.263 e. The molecule has 1 saturated heterocycles. The third-order valence-corrected chi connectivity index (χ3v) is 7.92. The van der Waals surface area contributed by atoms with E-state index in [0.29, 0.717) is 53.4 Å². The monoisotopic (exact) mass is 501 g/mol. The van der Waals surface area contributed by atoms with Gasteiger partial charge in [-0.05, 0) is 44.4 Å². The van der Waals surface area contributed by atoms with Gasteiger partial charge >= 0.3 is 0 Å². The highest BCUT2D eigenvalue weighted by molar-refractivity contribution is 7.21. The van der Waals surface area contributed by atoms with E-state index in [1.165, 1.54) is 11.3 Å². The molecule has 3 unspecified atom stereocenters. The summed E-state index contributed by atoms with van der Waals surface area (Å²) in [6, 6.07) is 3.64. The number of carbonyl (C=O) groups is 1. The van der Waals surface area contributed by atoms with E-state index in [2.05, 4.69) is 20.6 Å². The first kappa shape index (κ1) is 23.8. The second kappa shape index (κ2) is 9.62. The van der Waals surface area contributed by atoms with Gasteiger partial charge in [-0.15, -0.1) is 11.3 Å². The van der Waals surface area contributed by atoms with Gasteiger partial charge < -0.3 is 21.3 Å². The predicted octanol–water partition coefficient (Wildman–Crippen LogP) is 2.94. The van der Waals surface area contributed by atoms with Gasteiger partial charge in [0.05, 0.1) is 17.3 Å². The second-order valence-electron chi connectivity index (χ2n) is 9.27. The Morgan fingerprint density at radius 3 is 2.91 bits per heavy atom. The Kier molecular flexibility index (Phi) is 6.54. The molecule has 11 heteroatoms. The summed E-state index contributed by atoms with van der Waals surface area (Å²) < 4.78 is 27.0. The van der Waals surface area contributed by atoms with Crippen LogP contribution in [-0.4, -0.2) is 59.0 Å². The fourth-order valence-corrected chi connectivity index (χ4v) is 6.04. The van der Waals surface area contributed by atoms with Crippen LogP contribution in [0.25, 0.3) is 10.3 Å². The second-order valence-corrected chi connectivity index (χ2v) is 10.3.